The first-order valence-electron chi connectivity index (χ1n) is 9.08. The fourth-order valence-electron chi connectivity index (χ4n) is 3.87. The number of amidine groups is 1. The summed E-state index contributed by atoms with van der Waals surface area (Å²) in [4.78, 5) is 18.8. The number of aromatic nitrogens is 1. The lowest BCUT2D eigenvalue weighted by Crippen LogP contribution is -2.41. The lowest BCUT2D eigenvalue weighted by molar-refractivity contribution is -0.141. The van der Waals surface area contributed by atoms with Crippen LogP contribution in [0.1, 0.15) is 18.9 Å². The lowest BCUT2D eigenvalue weighted by Gasteiger charge is -2.34. The van der Waals surface area contributed by atoms with Crippen LogP contribution in [-0.4, -0.2) is 45.5 Å². The monoisotopic (exact) mass is 478 g/mol. The molecule has 2 aliphatic rings. The quantitative estimate of drug-likeness (QED) is 0.318. The smallest absolute Gasteiger partial charge is 0.325 e. The molecule has 0 bridgehead atoms. The third-order valence-corrected chi connectivity index (χ3v) is 6.22. The minimum absolute atomic E-state index is 0.232. The molecule has 0 saturated heterocycles. The highest BCUT2D eigenvalue weighted by Gasteiger charge is 2.27. The first kappa shape index (κ1) is 18.5. The highest BCUT2D eigenvalue weighted by Crippen LogP contribution is 2.30. The molecule has 27 heavy (non-hydrogen) atoms. The second kappa shape index (κ2) is 7.63. The Morgan fingerprint density at radius 3 is 3.04 bits per heavy atom. The minimum Gasteiger partial charge on any atom is -0.468 e. The number of benzene rings is 1. The maximum atomic E-state index is 11.8. The molecule has 0 spiro atoms. The van der Waals surface area contributed by atoms with Crippen LogP contribution in [0.25, 0.3) is 10.9 Å². The molecule has 0 aliphatic carbocycles. The summed E-state index contributed by atoms with van der Waals surface area (Å²) >= 11 is 2.42. The van der Waals surface area contributed by atoms with E-state index in [2.05, 4.69) is 56.1 Å². The molecule has 1 atom stereocenters. The van der Waals surface area contributed by atoms with Gasteiger partial charge in [0.15, 0.2) is 0 Å². The predicted molar refractivity (Wildman–Crippen MR) is 115 cm³/mol. The van der Waals surface area contributed by atoms with E-state index < -0.39 is 0 Å². The van der Waals surface area contributed by atoms with Crippen LogP contribution in [-0.2, 0) is 22.6 Å². The van der Waals surface area contributed by atoms with E-state index in [0.717, 1.165) is 37.4 Å². The van der Waals surface area contributed by atoms with Crippen LogP contribution in [0.15, 0.2) is 46.7 Å². The van der Waals surface area contributed by atoms with Crippen LogP contribution < -0.4 is 5.32 Å². The number of methoxy groups -OCH3 is 1. The third-order valence-electron chi connectivity index (χ3n) is 5.19. The van der Waals surface area contributed by atoms with Crippen molar-refractivity contribution >= 4 is 45.3 Å². The van der Waals surface area contributed by atoms with Gasteiger partial charge >= 0.3 is 5.97 Å². The molecular formula is C20H23IN4O2. The molecule has 142 valence electrons. The van der Waals surface area contributed by atoms with Crippen LogP contribution in [0.2, 0.25) is 0 Å². The number of hydrogen-bond donors (Lipinski definition) is 1. The predicted octanol–water partition coefficient (Wildman–Crippen LogP) is 3.06. The molecule has 0 radical (unpaired) electrons. The zero-order valence-corrected chi connectivity index (χ0v) is 17.7. The van der Waals surface area contributed by atoms with E-state index in [9.17, 15) is 4.79 Å². The molecule has 4 rings (SSSR count). The first-order valence-corrected chi connectivity index (χ1v) is 10.3. The van der Waals surface area contributed by atoms with Crippen molar-refractivity contribution in [1.29, 1.82) is 0 Å². The maximum Gasteiger partial charge on any atom is 0.325 e. The van der Waals surface area contributed by atoms with E-state index in [1.807, 2.05) is 23.6 Å². The Bertz CT molecular complexity index is 947. The summed E-state index contributed by atoms with van der Waals surface area (Å²) in [6.07, 6.45) is 3.13. The number of carbonyl (C=O) groups is 1. The number of carbonyl (C=O) groups excluding carboxylic acids is 1. The lowest BCUT2D eigenvalue weighted by atomic mass is 10.0. The van der Waals surface area contributed by atoms with E-state index in [-0.39, 0.29) is 16.6 Å². The normalized spacial score (nSPS) is 20.3. The zero-order chi connectivity index (χ0) is 19.0. The van der Waals surface area contributed by atoms with E-state index in [1.54, 1.807) is 0 Å². The van der Waals surface area contributed by atoms with Gasteiger partial charge in [-0.15, -0.1) is 0 Å². The van der Waals surface area contributed by atoms with Crippen LogP contribution in [0.5, 0.6) is 0 Å². The number of alkyl halides is 1. The molecule has 1 N–H and O–H groups in total. The van der Waals surface area contributed by atoms with Crippen molar-refractivity contribution in [2.24, 2.45) is 4.99 Å². The van der Waals surface area contributed by atoms with Gasteiger partial charge in [-0.05, 0) is 30.5 Å². The fourth-order valence-corrected chi connectivity index (χ4v) is 4.98. The van der Waals surface area contributed by atoms with Gasteiger partial charge in [-0.2, -0.15) is 0 Å². The Balaban J connectivity index is 1.57. The van der Waals surface area contributed by atoms with Crippen LogP contribution >= 0.6 is 22.6 Å². The number of para-hydroxylation sites is 1. The summed E-state index contributed by atoms with van der Waals surface area (Å²) in [6.45, 7) is 5.04. The van der Waals surface area contributed by atoms with Crippen molar-refractivity contribution in [2.75, 3.05) is 20.2 Å². The summed E-state index contributed by atoms with van der Waals surface area (Å²) < 4.78 is 7.09. The van der Waals surface area contributed by atoms with Crippen molar-refractivity contribution < 1.29 is 9.53 Å². The summed E-state index contributed by atoms with van der Waals surface area (Å²) in [5.41, 5.74) is 5.03. The Hall–Kier alpha value is -1.87. The Morgan fingerprint density at radius 1 is 1.41 bits per heavy atom. The Morgan fingerprint density at radius 2 is 2.22 bits per heavy atom. The molecule has 1 unspecified atom stereocenters. The van der Waals surface area contributed by atoms with Gasteiger partial charge in [0.1, 0.15) is 10.6 Å². The minimum atomic E-state index is -0.232. The summed E-state index contributed by atoms with van der Waals surface area (Å²) in [5.74, 6) is 0.758. The van der Waals surface area contributed by atoms with Gasteiger partial charge in [0.25, 0.3) is 0 Å². The van der Waals surface area contributed by atoms with Crippen LogP contribution in [0.4, 0.5) is 0 Å². The maximum absolute atomic E-state index is 11.8. The molecule has 1 aromatic heterocycles. The molecule has 7 heteroatoms. The van der Waals surface area contributed by atoms with Gasteiger partial charge in [-0.1, -0.05) is 40.8 Å². The highest BCUT2D eigenvalue weighted by molar-refractivity contribution is 14.1. The molecule has 1 aromatic carbocycles. The standard InChI is InChI=1S/C20H23IN4O2/c1-13-22-17-11-24(8-7-16(17)20(21)23-13)9-14-10-25(12-19(26)27-2)18-6-4-3-5-15(14)18/h3-6,10,20H,7-9,11-12H2,1-2H3,(H,22,23). The van der Waals surface area contributed by atoms with Gasteiger partial charge in [-0.3, -0.25) is 14.7 Å². The van der Waals surface area contributed by atoms with Crippen molar-refractivity contribution in [3.63, 3.8) is 0 Å². The van der Waals surface area contributed by atoms with Crippen molar-refractivity contribution in [3.8, 4) is 0 Å². The Labute approximate surface area is 172 Å². The first-order chi connectivity index (χ1) is 13.0. The molecule has 0 saturated carbocycles. The third kappa shape index (κ3) is 3.75. The van der Waals surface area contributed by atoms with Gasteiger partial charge in [0.2, 0.25) is 0 Å². The van der Waals surface area contributed by atoms with Gasteiger partial charge in [0, 0.05) is 42.4 Å². The van der Waals surface area contributed by atoms with Gasteiger partial charge in [0.05, 0.1) is 12.9 Å². The molecule has 2 aliphatic heterocycles. The number of fused-ring (bicyclic) bond motifs is 1. The van der Waals surface area contributed by atoms with Crippen molar-refractivity contribution in [1.82, 2.24) is 14.8 Å². The van der Waals surface area contributed by atoms with Crippen LogP contribution in [0.3, 0.4) is 0 Å². The number of hydrogen-bond acceptors (Lipinski definition) is 5. The number of aliphatic imine (C=N–C) groups is 1. The zero-order valence-electron chi connectivity index (χ0n) is 15.5. The molecular weight excluding hydrogens is 455 g/mol. The molecule has 0 amide bonds. The van der Waals surface area contributed by atoms with Gasteiger partial charge < -0.3 is 14.6 Å². The summed E-state index contributed by atoms with van der Waals surface area (Å²) in [5, 5.41) is 4.65. The number of nitrogens with one attached hydrogen (secondary N) is 1. The largest absolute Gasteiger partial charge is 0.468 e. The van der Waals surface area contributed by atoms with Crippen molar-refractivity contribution in [2.45, 2.75) is 30.5 Å². The summed E-state index contributed by atoms with van der Waals surface area (Å²) in [7, 11) is 1.43. The number of rotatable bonds is 4. The SMILES string of the molecule is COC(=O)Cn1cc(CN2CCC3=C(C2)NC(C)=NC3I)c2ccccc21. The fraction of sp³-hybridized carbons (Fsp3) is 0.400. The van der Waals surface area contributed by atoms with E-state index in [0.29, 0.717) is 0 Å². The molecule has 6 nitrogen and oxygen atoms in total. The average Bonchev–Trinajstić information content (AvgIpc) is 2.98. The van der Waals surface area contributed by atoms with Gasteiger partial charge in [-0.25, -0.2) is 0 Å². The second-order valence-corrected chi connectivity index (χ2v) is 8.20. The van der Waals surface area contributed by atoms with E-state index >= 15 is 0 Å². The Kier molecular flexibility index (Phi) is 5.23. The molecule has 3 heterocycles. The van der Waals surface area contributed by atoms with Crippen LogP contribution in [0, 0.1) is 0 Å². The topological polar surface area (TPSA) is 58.9 Å². The molecule has 2 aromatic rings. The van der Waals surface area contributed by atoms with E-state index in [4.69, 9.17) is 4.74 Å². The van der Waals surface area contributed by atoms with E-state index in [1.165, 1.54) is 29.3 Å². The summed E-state index contributed by atoms with van der Waals surface area (Å²) in [6, 6.07) is 8.24. The highest BCUT2D eigenvalue weighted by atomic mass is 127. The van der Waals surface area contributed by atoms with Crippen molar-refractivity contribution in [3.05, 3.63) is 47.3 Å². The average molecular weight is 478 g/mol. The molecule has 0 fully saturated rings. The number of halogens is 1. The second-order valence-electron chi connectivity index (χ2n) is 7.02. The number of ether oxygens (including phenoxy) is 1. The number of nitrogens with zero attached hydrogens (tertiary/aromatic N) is 3. The number of esters is 1.